The minimum atomic E-state index is -3.75. The molecule has 7 heteroatoms. The molecule has 2 rings (SSSR count). The number of hydrogen-bond acceptors (Lipinski definition) is 5. The van der Waals surface area contributed by atoms with Gasteiger partial charge in [-0.2, -0.15) is 4.31 Å². The Bertz CT molecular complexity index is 744. The van der Waals surface area contributed by atoms with Crippen molar-refractivity contribution in [3.05, 3.63) is 30.5 Å². The van der Waals surface area contributed by atoms with Gasteiger partial charge in [0.15, 0.2) is 0 Å². The molecule has 1 aromatic heterocycles. The van der Waals surface area contributed by atoms with E-state index in [0.717, 1.165) is 0 Å². The number of aromatic nitrogens is 1. The van der Waals surface area contributed by atoms with Gasteiger partial charge in [0.05, 0.1) is 12.1 Å². The van der Waals surface area contributed by atoms with Crippen LogP contribution in [0.1, 0.15) is 13.8 Å². The third-order valence-corrected chi connectivity index (χ3v) is 5.36. The maximum absolute atomic E-state index is 12.8. The Morgan fingerprint density at radius 2 is 2.05 bits per heavy atom. The molecule has 1 aromatic carbocycles. The van der Waals surface area contributed by atoms with Crippen LogP contribution in [0.5, 0.6) is 0 Å². The SMILES string of the molecule is CC(C)N(CCO)S(=O)(=O)c1ccc(N)c2cccnc12. The first kappa shape index (κ1) is 15.7. The summed E-state index contributed by atoms with van der Waals surface area (Å²) < 4.78 is 26.9. The van der Waals surface area contributed by atoms with Crippen LogP contribution in [0.15, 0.2) is 35.4 Å². The molecule has 2 aromatic rings. The molecule has 6 nitrogen and oxygen atoms in total. The van der Waals surface area contributed by atoms with E-state index in [1.54, 1.807) is 32.0 Å². The summed E-state index contributed by atoms with van der Waals surface area (Å²) in [6.45, 7) is 3.33. The van der Waals surface area contributed by atoms with Gasteiger partial charge in [-0.1, -0.05) is 0 Å². The van der Waals surface area contributed by atoms with Crippen molar-refractivity contribution < 1.29 is 13.5 Å². The highest BCUT2D eigenvalue weighted by molar-refractivity contribution is 7.89. The Morgan fingerprint density at radius 3 is 2.67 bits per heavy atom. The monoisotopic (exact) mass is 309 g/mol. The van der Waals surface area contributed by atoms with Gasteiger partial charge >= 0.3 is 0 Å². The molecule has 0 amide bonds. The molecule has 0 unspecified atom stereocenters. The smallest absolute Gasteiger partial charge is 0.245 e. The summed E-state index contributed by atoms with van der Waals surface area (Å²) in [5.41, 5.74) is 6.70. The van der Waals surface area contributed by atoms with E-state index in [4.69, 9.17) is 10.8 Å². The van der Waals surface area contributed by atoms with Crippen LogP contribution in [0.2, 0.25) is 0 Å². The van der Waals surface area contributed by atoms with Crippen LogP contribution in [-0.2, 0) is 10.0 Å². The summed E-state index contributed by atoms with van der Waals surface area (Å²) in [5, 5.41) is 9.71. The quantitative estimate of drug-likeness (QED) is 0.809. The predicted octanol–water partition coefficient (Wildman–Crippen LogP) is 1.21. The van der Waals surface area contributed by atoms with Crippen molar-refractivity contribution in [1.82, 2.24) is 9.29 Å². The lowest BCUT2D eigenvalue weighted by Gasteiger charge is -2.25. The molecule has 0 saturated heterocycles. The van der Waals surface area contributed by atoms with Gasteiger partial charge < -0.3 is 10.8 Å². The fraction of sp³-hybridized carbons (Fsp3) is 0.357. The van der Waals surface area contributed by atoms with Crippen LogP contribution >= 0.6 is 0 Å². The lowest BCUT2D eigenvalue weighted by molar-refractivity contribution is 0.236. The van der Waals surface area contributed by atoms with Gasteiger partial charge in [0.25, 0.3) is 0 Å². The lowest BCUT2D eigenvalue weighted by Crippen LogP contribution is -2.39. The number of hydrogen-bond donors (Lipinski definition) is 2. The third-order valence-electron chi connectivity index (χ3n) is 3.25. The highest BCUT2D eigenvalue weighted by Gasteiger charge is 2.28. The van der Waals surface area contributed by atoms with Crippen molar-refractivity contribution in [2.24, 2.45) is 0 Å². The average molecular weight is 309 g/mol. The van der Waals surface area contributed by atoms with Crippen LogP contribution in [0.4, 0.5) is 5.69 Å². The highest BCUT2D eigenvalue weighted by Crippen LogP contribution is 2.28. The van der Waals surface area contributed by atoms with Crippen molar-refractivity contribution in [3.8, 4) is 0 Å². The first-order valence-corrected chi connectivity index (χ1v) is 8.09. The number of benzene rings is 1. The second kappa shape index (κ2) is 5.97. The Kier molecular flexibility index (Phi) is 4.46. The zero-order valence-corrected chi connectivity index (χ0v) is 12.8. The number of nitrogen functional groups attached to an aromatic ring is 1. The third kappa shape index (κ3) is 2.85. The van der Waals surface area contributed by atoms with Gasteiger partial charge in [0.2, 0.25) is 10.0 Å². The second-order valence-electron chi connectivity index (χ2n) is 4.99. The molecule has 1 heterocycles. The largest absolute Gasteiger partial charge is 0.398 e. The minimum Gasteiger partial charge on any atom is -0.398 e. The topological polar surface area (TPSA) is 96.5 Å². The van der Waals surface area contributed by atoms with Gasteiger partial charge in [-0.3, -0.25) is 4.98 Å². The minimum absolute atomic E-state index is 0.0404. The van der Waals surface area contributed by atoms with E-state index in [-0.39, 0.29) is 24.1 Å². The number of nitrogens with two attached hydrogens (primary N) is 1. The van der Waals surface area contributed by atoms with Crippen molar-refractivity contribution in [2.75, 3.05) is 18.9 Å². The van der Waals surface area contributed by atoms with Crippen LogP contribution in [0.3, 0.4) is 0 Å². The van der Waals surface area contributed by atoms with Crippen molar-refractivity contribution in [1.29, 1.82) is 0 Å². The Labute approximate surface area is 124 Å². The van der Waals surface area contributed by atoms with Gasteiger partial charge in [-0.05, 0) is 38.1 Å². The van der Waals surface area contributed by atoms with Crippen LogP contribution < -0.4 is 5.73 Å². The number of rotatable bonds is 5. The summed E-state index contributed by atoms with van der Waals surface area (Å²) in [6, 6.07) is 6.21. The number of fused-ring (bicyclic) bond motifs is 1. The average Bonchev–Trinajstić information content (AvgIpc) is 2.44. The molecule has 0 radical (unpaired) electrons. The fourth-order valence-electron chi connectivity index (χ4n) is 2.26. The number of nitrogens with zero attached hydrogens (tertiary/aromatic N) is 2. The Balaban J connectivity index is 2.68. The summed E-state index contributed by atoms with van der Waals surface area (Å²) in [6.07, 6.45) is 1.53. The number of sulfonamides is 1. The number of aliphatic hydroxyl groups excluding tert-OH is 1. The Morgan fingerprint density at radius 1 is 1.33 bits per heavy atom. The molecule has 0 fully saturated rings. The number of pyridine rings is 1. The summed E-state index contributed by atoms with van der Waals surface area (Å²) >= 11 is 0. The maximum Gasteiger partial charge on any atom is 0.245 e. The molecule has 0 aliphatic rings. The first-order chi connectivity index (χ1) is 9.89. The zero-order valence-electron chi connectivity index (χ0n) is 12.0. The van der Waals surface area contributed by atoms with E-state index in [0.29, 0.717) is 16.6 Å². The van der Waals surface area contributed by atoms with Gasteiger partial charge in [0, 0.05) is 29.9 Å². The second-order valence-corrected chi connectivity index (χ2v) is 6.84. The molecule has 0 spiro atoms. The van der Waals surface area contributed by atoms with Gasteiger partial charge in [-0.25, -0.2) is 8.42 Å². The molecule has 114 valence electrons. The van der Waals surface area contributed by atoms with E-state index in [2.05, 4.69) is 4.98 Å². The van der Waals surface area contributed by atoms with Crippen LogP contribution in [-0.4, -0.2) is 42.0 Å². The fourth-order valence-corrected chi connectivity index (χ4v) is 4.03. The van der Waals surface area contributed by atoms with Gasteiger partial charge in [0.1, 0.15) is 4.90 Å². The van der Waals surface area contributed by atoms with E-state index in [1.807, 2.05) is 0 Å². The van der Waals surface area contributed by atoms with E-state index in [1.165, 1.54) is 16.6 Å². The van der Waals surface area contributed by atoms with E-state index >= 15 is 0 Å². The van der Waals surface area contributed by atoms with Crippen LogP contribution in [0, 0.1) is 0 Å². The first-order valence-electron chi connectivity index (χ1n) is 6.65. The molecule has 3 N–H and O–H groups in total. The highest BCUT2D eigenvalue weighted by atomic mass is 32.2. The summed E-state index contributed by atoms with van der Waals surface area (Å²) in [7, 11) is -3.75. The molecule has 0 bridgehead atoms. The van der Waals surface area contributed by atoms with Crippen LogP contribution in [0.25, 0.3) is 10.9 Å². The summed E-state index contributed by atoms with van der Waals surface area (Å²) in [4.78, 5) is 4.27. The zero-order chi connectivity index (χ0) is 15.6. The van der Waals surface area contributed by atoms with E-state index in [9.17, 15) is 8.42 Å². The normalized spacial score (nSPS) is 12.4. The maximum atomic E-state index is 12.8. The molecular weight excluding hydrogens is 290 g/mol. The van der Waals surface area contributed by atoms with Crippen molar-refractivity contribution >= 4 is 26.6 Å². The molecule has 0 aliphatic heterocycles. The van der Waals surface area contributed by atoms with Crippen molar-refractivity contribution in [3.63, 3.8) is 0 Å². The standard InChI is InChI=1S/C14H19N3O3S/c1-10(2)17(8-9-18)21(19,20)13-6-5-12(15)11-4-3-7-16-14(11)13/h3-7,10,18H,8-9,15H2,1-2H3. The molecule has 0 saturated carbocycles. The molecule has 0 atom stereocenters. The predicted molar refractivity (Wildman–Crippen MR) is 82.3 cm³/mol. The van der Waals surface area contributed by atoms with Gasteiger partial charge in [-0.15, -0.1) is 0 Å². The molecule has 21 heavy (non-hydrogen) atoms. The molecular formula is C14H19N3O3S. The Hall–Kier alpha value is -1.70. The lowest BCUT2D eigenvalue weighted by atomic mass is 10.2. The summed E-state index contributed by atoms with van der Waals surface area (Å²) in [5.74, 6) is 0. The number of anilines is 1. The van der Waals surface area contributed by atoms with Crippen molar-refractivity contribution in [2.45, 2.75) is 24.8 Å². The van der Waals surface area contributed by atoms with E-state index < -0.39 is 10.0 Å². The number of aliphatic hydroxyl groups is 1. The molecule has 0 aliphatic carbocycles.